The van der Waals surface area contributed by atoms with E-state index in [2.05, 4.69) is 23.5 Å². The van der Waals surface area contributed by atoms with E-state index in [1.165, 1.54) is 17.9 Å². The van der Waals surface area contributed by atoms with Gasteiger partial charge in [-0.1, -0.05) is 37.5 Å². The SMILES string of the molecule is C=C/C(=C\C=C/C)c1ncc(NC)c(=O)n1CC(=C)OC. The van der Waals surface area contributed by atoms with Crippen LogP contribution in [-0.2, 0) is 11.3 Å². The van der Waals surface area contributed by atoms with E-state index in [1.54, 1.807) is 13.1 Å². The molecule has 0 aliphatic heterocycles. The van der Waals surface area contributed by atoms with Gasteiger partial charge in [-0.25, -0.2) is 4.98 Å². The van der Waals surface area contributed by atoms with E-state index in [0.29, 0.717) is 17.3 Å². The van der Waals surface area contributed by atoms with Crippen molar-refractivity contribution in [2.45, 2.75) is 13.5 Å². The van der Waals surface area contributed by atoms with Crippen LogP contribution in [0.5, 0.6) is 0 Å². The maximum Gasteiger partial charge on any atom is 0.277 e. The van der Waals surface area contributed by atoms with Crippen LogP contribution in [0.3, 0.4) is 0 Å². The fourth-order valence-electron chi connectivity index (χ4n) is 1.72. The van der Waals surface area contributed by atoms with E-state index in [4.69, 9.17) is 4.74 Å². The standard InChI is InChI=1S/C16H21N3O2/c1-6-8-9-13(7-2)15-18-10-14(17-4)16(20)19(15)11-12(3)21-5/h6-10,17H,2-3,11H2,1,4-5H3/b8-6-,13-9+. The highest BCUT2D eigenvalue weighted by Gasteiger charge is 2.12. The van der Waals surface area contributed by atoms with Gasteiger partial charge < -0.3 is 10.1 Å². The Morgan fingerprint density at radius 1 is 1.57 bits per heavy atom. The minimum Gasteiger partial charge on any atom is -0.500 e. The number of nitrogens with zero attached hydrogens (tertiary/aromatic N) is 2. The molecule has 0 radical (unpaired) electrons. The Labute approximate surface area is 125 Å². The van der Waals surface area contributed by atoms with Gasteiger partial charge in [0.2, 0.25) is 0 Å². The molecule has 21 heavy (non-hydrogen) atoms. The molecule has 5 nitrogen and oxygen atoms in total. The topological polar surface area (TPSA) is 56.2 Å². The van der Waals surface area contributed by atoms with Crippen LogP contribution in [0, 0.1) is 0 Å². The molecule has 0 spiro atoms. The van der Waals surface area contributed by atoms with Crippen LogP contribution in [0.15, 0.2) is 54.2 Å². The third kappa shape index (κ3) is 3.95. The normalized spacial score (nSPS) is 11.5. The number of rotatable bonds is 7. The maximum atomic E-state index is 12.5. The van der Waals surface area contributed by atoms with E-state index in [0.717, 1.165) is 5.57 Å². The second-order valence-corrected chi connectivity index (χ2v) is 4.23. The summed E-state index contributed by atoms with van der Waals surface area (Å²) < 4.78 is 6.58. The van der Waals surface area contributed by atoms with E-state index in [-0.39, 0.29) is 12.1 Å². The molecule has 1 rings (SSSR count). The van der Waals surface area contributed by atoms with Crippen molar-refractivity contribution >= 4 is 11.3 Å². The lowest BCUT2D eigenvalue weighted by atomic mass is 10.2. The maximum absolute atomic E-state index is 12.5. The summed E-state index contributed by atoms with van der Waals surface area (Å²) in [7, 11) is 3.20. The minimum atomic E-state index is -0.186. The van der Waals surface area contributed by atoms with Gasteiger partial charge in [0.25, 0.3) is 5.56 Å². The molecule has 5 heteroatoms. The summed E-state index contributed by atoms with van der Waals surface area (Å²) in [5, 5.41) is 2.83. The number of hydrogen-bond acceptors (Lipinski definition) is 4. The average Bonchev–Trinajstić information content (AvgIpc) is 2.50. The second-order valence-electron chi connectivity index (χ2n) is 4.23. The predicted molar refractivity (Wildman–Crippen MR) is 87.2 cm³/mol. The first-order valence-electron chi connectivity index (χ1n) is 6.54. The number of ether oxygens (including phenoxy) is 1. The zero-order valence-corrected chi connectivity index (χ0v) is 12.7. The molecule has 0 saturated heterocycles. The van der Waals surface area contributed by atoms with E-state index >= 15 is 0 Å². The van der Waals surface area contributed by atoms with Crippen LogP contribution in [0.1, 0.15) is 12.7 Å². The number of allylic oxidation sites excluding steroid dienone is 6. The molecule has 1 N–H and O–H groups in total. The Bertz CT molecular complexity index is 639. The van der Waals surface area contributed by atoms with E-state index in [9.17, 15) is 4.79 Å². The van der Waals surface area contributed by atoms with Gasteiger partial charge >= 0.3 is 0 Å². The van der Waals surface area contributed by atoms with Crippen LogP contribution >= 0.6 is 0 Å². The smallest absolute Gasteiger partial charge is 0.277 e. The van der Waals surface area contributed by atoms with Crippen molar-refractivity contribution in [3.63, 3.8) is 0 Å². The van der Waals surface area contributed by atoms with Gasteiger partial charge in [0, 0.05) is 12.6 Å². The van der Waals surface area contributed by atoms with Crippen LogP contribution in [-0.4, -0.2) is 23.7 Å². The molecule has 0 fully saturated rings. The molecule has 1 heterocycles. The van der Waals surface area contributed by atoms with E-state index in [1.807, 2.05) is 25.2 Å². The predicted octanol–water partition coefficient (Wildman–Crippen LogP) is 2.59. The fourth-order valence-corrected chi connectivity index (χ4v) is 1.72. The Hall–Kier alpha value is -2.56. The summed E-state index contributed by atoms with van der Waals surface area (Å²) in [5.41, 5.74) is 0.975. The lowest BCUT2D eigenvalue weighted by Gasteiger charge is -2.14. The van der Waals surface area contributed by atoms with Crippen LogP contribution in [0.25, 0.3) is 5.57 Å². The molecule has 0 aliphatic carbocycles. The van der Waals surface area contributed by atoms with Crippen molar-refractivity contribution in [2.24, 2.45) is 0 Å². The second kappa shape index (κ2) is 7.89. The van der Waals surface area contributed by atoms with Crippen molar-refractivity contribution in [3.8, 4) is 0 Å². The number of hydrogen-bond donors (Lipinski definition) is 1. The highest BCUT2D eigenvalue weighted by Crippen LogP contribution is 2.14. The first-order chi connectivity index (χ1) is 10.1. The molecule has 1 aromatic heterocycles. The quantitative estimate of drug-likeness (QED) is 0.618. The number of nitrogens with one attached hydrogen (secondary N) is 1. The fraction of sp³-hybridized carbons (Fsp3) is 0.250. The summed E-state index contributed by atoms with van der Waals surface area (Å²) in [5.74, 6) is 0.994. The van der Waals surface area contributed by atoms with Gasteiger partial charge in [-0.2, -0.15) is 0 Å². The molecule has 0 aliphatic rings. The lowest BCUT2D eigenvalue weighted by molar-refractivity contribution is 0.270. The van der Waals surface area contributed by atoms with Gasteiger partial charge in [-0.3, -0.25) is 9.36 Å². The highest BCUT2D eigenvalue weighted by atomic mass is 16.5. The number of aromatic nitrogens is 2. The minimum absolute atomic E-state index is 0.186. The number of methoxy groups -OCH3 is 1. The average molecular weight is 287 g/mol. The monoisotopic (exact) mass is 287 g/mol. The summed E-state index contributed by atoms with van der Waals surface area (Å²) in [6.07, 6.45) is 8.77. The zero-order chi connectivity index (χ0) is 15.8. The van der Waals surface area contributed by atoms with Crippen molar-refractivity contribution in [1.29, 1.82) is 0 Å². The molecule has 0 bridgehead atoms. The zero-order valence-electron chi connectivity index (χ0n) is 12.7. The van der Waals surface area contributed by atoms with Crippen LogP contribution < -0.4 is 10.9 Å². The van der Waals surface area contributed by atoms with Gasteiger partial charge in [0.05, 0.1) is 19.9 Å². The van der Waals surface area contributed by atoms with Gasteiger partial charge in [0.15, 0.2) is 0 Å². The Balaban J connectivity index is 3.50. The Morgan fingerprint density at radius 3 is 2.81 bits per heavy atom. The van der Waals surface area contributed by atoms with Gasteiger partial charge in [-0.15, -0.1) is 0 Å². The molecule has 0 saturated carbocycles. The van der Waals surface area contributed by atoms with Crippen molar-refractivity contribution in [2.75, 3.05) is 19.5 Å². The molecule has 0 atom stereocenters. The van der Waals surface area contributed by atoms with Crippen LogP contribution in [0.4, 0.5) is 5.69 Å². The molecule has 1 aromatic rings. The molecule has 0 aromatic carbocycles. The van der Waals surface area contributed by atoms with Crippen molar-refractivity contribution < 1.29 is 4.74 Å². The van der Waals surface area contributed by atoms with Gasteiger partial charge in [-0.05, 0) is 6.92 Å². The van der Waals surface area contributed by atoms with Crippen LogP contribution in [0.2, 0.25) is 0 Å². The Kier molecular flexibility index (Phi) is 6.20. The van der Waals surface area contributed by atoms with Gasteiger partial charge in [0.1, 0.15) is 17.3 Å². The van der Waals surface area contributed by atoms with E-state index < -0.39 is 0 Å². The Morgan fingerprint density at radius 2 is 2.29 bits per heavy atom. The van der Waals surface area contributed by atoms with Crippen molar-refractivity contribution in [3.05, 3.63) is 65.6 Å². The molecular formula is C16H21N3O2. The molecule has 0 amide bonds. The lowest BCUT2D eigenvalue weighted by Crippen LogP contribution is -2.27. The first-order valence-corrected chi connectivity index (χ1v) is 6.54. The third-order valence-electron chi connectivity index (χ3n) is 2.89. The number of anilines is 1. The summed E-state index contributed by atoms with van der Waals surface area (Å²) >= 11 is 0. The molecule has 112 valence electrons. The molecule has 0 unspecified atom stereocenters. The summed E-state index contributed by atoms with van der Waals surface area (Å²) in [4.78, 5) is 16.8. The molecular weight excluding hydrogens is 266 g/mol. The first kappa shape index (κ1) is 16.5. The summed E-state index contributed by atoms with van der Waals surface area (Å²) in [6.45, 7) is 9.68. The summed E-state index contributed by atoms with van der Waals surface area (Å²) in [6, 6.07) is 0. The third-order valence-corrected chi connectivity index (χ3v) is 2.89. The largest absolute Gasteiger partial charge is 0.500 e. The highest BCUT2D eigenvalue weighted by molar-refractivity contribution is 5.71. The van der Waals surface area contributed by atoms with Crippen molar-refractivity contribution in [1.82, 2.24) is 9.55 Å².